The monoisotopic (exact) mass is 298 g/mol. The highest BCUT2D eigenvalue weighted by Gasteiger charge is 2.50. The van der Waals surface area contributed by atoms with Gasteiger partial charge in [0.1, 0.15) is 0 Å². The number of nitrogens with one attached hydrogen (secondary N) is 1. The molecule has 5 nitrogen and oxygen atoms in total. The molecular formula is C14H19ClN2O3. The Bertz CT molecular complexity index is 504. The van der Waals surface area contributed by atoms with E-state index in [2.05, 4.69) is 5.32 Å². The third kappa shape index (κ3) is 3.06. The van der Waals surface area contributed by atoms with Crippen molar-refractivity contribution in [3.63, 3.8) is 0 Å². The summed E-state index contributed by atoms with van der Waals surface area (Å²) in [5.41, 5.74) is 0.200. The van der Waals surface area contributed by atoms with Gasteiger partial charge in [-0.1, -0.05) is 11.6 Å². The molecule has 110 valence electrons. The van der Waals surface area contributed by atoms with Gasteiger partial charge in [0.15, 0.2) is 5.79 Å². The molecule has 1 saturated heterocycles. The lowest BCUT2D eigenvalue weighted by atomic mass is 9.97. The lowest BCUT2D eigenvalue weighted by molar-refractivity contribution is -0.268. The summed E-state index contributed by atoms with van der Waals surface area (Å²) >= 11 is 5.81. The number of ether oxygens (including phenoxy) is 1. The molecule has 6 heteroatoms. The highest BCUT2D eigenvalue weighted by atomic mass is 35.5. The topological polar surface area (TPSA) is 50.8 Å². The van der Waals surface area contributed by atoms with Crippen molar-refractivity contribution in [3.05, 3.63) is 29.3 Å². The normalized spacial score (nSPS) is 24.8. The summed E-state index contributed by atoms with van der Waals surface area (Å²) in [7, 11) is 1.57. The van der Waals surface area contributed by atoms with Crippen molar-refractivity contribution in [3.8, 4) is 0 Å². The lowest BCUT2D eigenvalue weighted by Crippen LogP contribution is -2.44. The van der Waals surface area contributed by atoms with Crippen LogP contribution in [0, 0.1) is 0 Å². The number of methoxy groups -OCH3 is 1. The number of rotatable bonds is 2. The molecule has 0 aliphatic carbocycles. The SMILES string of the molecule is COC1(C)CC(C)(C)N(C(=O)Nc2ccc(Cl)cc2)O1. The number of anilines is 1. The quantitative estimate of drug-likeness (QED) is 0.906. The van der Waals surface area contributed by atoms with Crippen LogP contribution in [0.5, 0.6) is 0 Å². The number of benzene rings is 1. The van der Waals surface area contributed by atoms with E-state index < -0.39 is 11.3 Å². The predicted molar refractivity (Wildman–Crippen MR) is 77.5 cm³/mol. The largest absolute Gasteiger partial charge is 0.351 e. The third-order valence-electron chi connectivity index (χ3n) is 3.30. The Labute approximate surface area is 123 Å². The molecule has 0 radical (unpaired) electrons. The zero-order valence-electron chi connectivity index (χ0n) is 12.1. The Morgan fingerprint density at radius 3 is 2.45 bits per heavy atom. The van der Waals surface area contributed by atoms with Gasteiger partial charge in [0.2, 0.25) is 0 Å². The summed E-state index contributed by atoms with van der Waals surface area (Å²) in [5.74, 6) is -0.791. The Hall–Kier alpha value is -1.30. The number of hydroxylamine groups is 2. The molecular weight excluding hydrogens is 280 g/mol. The molecule has 0 bridgehead atoms. The van der Waals surface area contributed by atoms with E-state index in [9.17, 15) is 4.79 Å². The van der Waals surface area contributed by atoms with Crippen molar-refractivity contribution in [2.24, 2.45) is 0 Å². The van der Waals surface area contributed by atoms with Crippen LogP contribution < -0.4 is 5.32 Å². The van der Waals surface area contributed by atoms with Crippen LogP contribution in [-0.4, -0.2) is 29.5 Å². The van der Waals surface area contributed by atoms with E-state index in [4.69, 9.17) is 21.2 Å². The summed E-state index contributed by atoms with van der Waals surface area (Å²) in [6, 6.07) is 6.56. The average Bonchev–Trinajstić information content (AvgIpc) is 2.63. The molecule has 1 aromatic rings. The van der Waals surface area contributed by atoms with E-state index >= 15 is 0 Å². The van der Waals surface area contributed by atoms with Crippen molar-refractivity contribution in [1.82, 2.24) is 5.06 Å². The molecule has 1 aromatic carbocycles. The molecule has 1 unspecified atom stereocenters. The fourth-order valence-electron chi connectivity index (χ4n) is 2.34. The number of nitrogens with zero attached hydrogens (tertiary/aromatic N) is 1. The molecule has 0 saturated carbocycles. The van der Waals surface area contributed by atoms with E-state index in [1.807, 2.05) is 20.8 Å². The third-order valence-corrected chi connectivity index (χ3v) is 3.55. The number of hydrogen-bond acceptors (Lipinski definition) is 3. The molecule has 1 aliphatic heterocycles. The number of urea groups is 1. The number of carbonyl (C=O) groups excluding carboxylic acids is 1. The second kappa shape index (κ2) is 5.24. The minimum absolute atomic E-state index is 0.335. The van der Waals surface area contributed by atoms with Crippen LogP contribution in [-0.2, 0) is 9.57 Å². The predicted octanol–water partition coefficient (Wildman–Crippen LogP) is 3.65. The van der Waals surface area contributed by atoms with E-state index in [0.717, 1.165) is 0 Å². The summed E-state index contributed by atoms with van der Waals surface area (Å²) < 4.78 is 5.32. The molecule has 2 rings (SSSR count). The Morgan fingerprint density at radius 1 is 1.35 bits per heavy atom. The average molecular weight is 299 g/mol. The fourth-order valence-corrected chi connectivity index (χ4v) is 2.47. The molecule has 1 fully saturated rings. The van der Waals surface area contributed by atoms with Crippen molar-refractivity contribution in [2.75, 3.05) is 12.4 Å². The first-order valence-corrected chi connectivity index (χ1v) is 6.75. The maximum atomic E-state index is 12.3. The van der Waals surface area contributed by atoms with Gasteiger partial charge in [-0.25, -0.2) is 9.63 Å². The van der Waals surface area contributed by atoms with Gasteiger partial charge >= 0.3 is 6.03 Å². The van der Waals surface area contributed by atoms with Gasteiger partial charge in [-0.15, -0.1) is 0 Å². The van der Waals surface area contributed by atoms with Gasteiger partial charge in [0.05, 0.1) is 5.54 Å². The van der Waals surface area contributed by atoms with Gasteiger partial charge in [0.25, 0.3) is 0 Å². The zero-order chi connectivity index (χ0) is 15.0. The molecule has 1 heterocycles. The molecule has 0 aromatic heterocycles. The van der Waals surface area contributed by atoms with E-state index in [1.165, 1.54) is 5.06 Å². The standard InChI is InChI=1S/C14H19ClN2O3/c1-13(2)9-14(3,19-4)20-17(13)12(18)16-11-7-5-10(15)6-8-11/h5-8H,9H2,1-4H3,(H,16,18). The van der Waals surface area contributed by atoms with Crippen molar-refractivity contribution >= 4 is 23.3 Å². The first kappa shape index (κ1) is 15.1. The highest BCUT2D eigenvalue weighted by molar-refractivity contribution is 6.30. The summed E-state index contributed by atoms with van der Waals surface area (Å²) in [5, 5.41) is 4.72. The summed E-state index contributed by atoms with van der Waals surface area (Å²) in [4.78, 5) is 18.0. The molecule has 1 atom stereocenters. The Balaban J connectivity index is 2.11. The van der Waals surface area contributed by atoms with Crippen LogP contribution in [0.15, 0.2) is 24.3 Å². The zero-order valence-corrected chi connectivity index (χ0v) is 12.8. The van der Waals surface area contributed by atoms with E-state index in [1.54, 1.807) is 31.4 Å². The molecule has 2 amide bonds. The number of amides is 2. The number of carbonyl (C=O) groups is 1. The second-order valence-electron chi connectivity index (χ2n) is 5.65. The minimum Gasteiger partial charge on any atom is -0.351 e. The van der Waals surface area contributed by atoms with Crippen LogP contribution in [0.3, 0.4) is 0 Å². The lowest BCUT2D eigenvalue weighted by Gasteiger charge is -2.28. The highest BCUT2D eigenvalue weighted by Crippen LogP contribution is 2.38. The van der Waals surface area contributed by atoms with Crippen LogP contribution >= 0.6 is 11.6 Å². The van der Waals surface area contributed by atoms with Gasteiger partial charge in [-0.3, -0.25) is 0 Å². The molecule has 0 spiro atoms. The Kier molecular flexibility index (Phi) is 3.95. The van der Waals surface area contributed by atoms with E-state index in [-0.39, 0.29) is 6.03 Å². The maximum Gasteiger partial charge on any atom is 0.346 e. The van der Waals surface area contributed by atoms with E-state index in [0.29, 0.717) is 17.1 Å². The second-order valence-corrected chi connectivity index (χ2v) is 6.09. The van der Waals surface area contributed by atoms with Gasteiger partial charge in [0, 0.05) is 24.2 Å². The summed E-state index contributed by atoms with van der Waals surface area (Å²) in [6.07, 6.45) is 0.588. The van der Waals surface area contributed by atoms with Crippen molar-refractivity contribution in [2.45, 2.75) is 38.5 Å². The van der Waals surface area contributed by atoms with Crippen molar-refractivity contribution < 1.29 is 14.4 Å². The minimum atomic E-state index is -0.791. The van der Waals surface area contributed by atoms with Crippen LogP contribution in [0.25, 0.3) is 0 Å². The van der Waals surface area contributed by atoms with Crippen LogP contribution in [0.2, 0.25) is 5.02 Å². The fraction of sp³-hybridized carbons (Fsp3) is 0.500. The van der Waals surface area contributed by atoms with Gasteiger partial charge < -0.3 is 10.1 Å². The molecule has 1 aliphatic rings. The molecule has 20 heavy (non-hydrogen) atoms. The van der Waals surface area contributed by atoms with Crippen molar-refractivity contribution in [1.29, 1.82) is 0 Å². The molecule has 1 N–H and O–H groups in total. The van der Waals surface area contributed by atoms with Crippen LogP contribution in [0.4, 0.5) is 10.5 Å². The van der Waals surface area contributed by atoms with Gasteiger partial charge in [-0.2, -0.15) is 5.06 Å². The smallest absolute Gasteiger partial charge is 0.346 e. The number of halogens is 1. The number of hydrogen-bond donors (Lipinski definition) is 1. The first-order chi connectivity index (χ1) is 9.26. The van der Waals surface area contributed by atoms with Gasteiger partial charge in [-0.05, 0) is 45.0 Å². The Morgan fingerprint density at radius 2 is 1.95 bits per heavy atom. The maximum absolute atomic E-state index is 12.3. The van der Waals surface area contributed by atoms with Crippen LogP contribution in [0.1, 0.15) is 27.2 Å². The summed E-state index contributed by atoms with van der Waals surface area (Å²) in [6.45, 7) is 5.67. The first-order valence-electron chi connectivity index (χ1n) is 6.37.